The minimum absolute atomic E-state index is 0.00578. The number of hydrogen-bond acceptors (Lipinski definition) is 4. The molecule has 0 fully saturated rings. The van der Waals surface area contributed by atoms with E-state index >= 15 is 0 Å². The van der Waals surface area contributed by atoms with E-state index in [1.807, 2.05) is 0 Å². The van der Waals surface area contributed by atoms with Crippen molar-refractivity contribution in [3.05, 3.63) is 75.8 Å². The Bertz CT molecular complexity index is 1010. The third-order valence-electron chi connectivity index (χ3n) is 3.51. The van der Waals surface area contributed by atoms with E-state index in [1.165, 1.54) is 18.3 Å². The van der Waals surface area contributed by atoms with Crippen molar-refractivity contribution in [2.45, 2.75) is 12.7 Å². The highest BCUT2D eigenvalue weighted by molar-refractivity contribution is 5.92. The lowest BCUT2D eigenvalue weighted by molar-refractivity contribution is -0.137. The number of benzene rings is 1. The van der Waals surface area contributed by atoms with Crippen molar-refractivity contribution in [2.75, 3.05) is 0 Å². The smallest absolute Gasteiger partial charge is 0.416 e. The fourth-order valence-electron chi connectivity index (χ4n) is 2.22. The Hall–Kier alpha value is -3.56. The van der Waals surface area contributed by atoms with E-state index in [9.17, 15) is 22.8 Å². The normalized spacial score (nSPS) is 11.2. The summed E-state index contributed by atoms with van der Waals surface area (Å²) in [5.74, 6) is -0.520. The number of aromatic nitrogens is 3. The molecule has 10 heteroatoms. The number of hydrogen-bond donors (Lipinski definition) is 3. The molecule has 0 saturated carbocycles. The fourth-order valence-corrected chi connectivity index (χ4v) is 2.22. The Morgan fingerprint density at radius 3 is 2.67 bits per heavy atom. The molecule has 3 rings (SSSR count). The molecule has 140 valence electrons. The lowest BCUT2D eigenvalue weighted by atomic mass is 10.2. The van der Waals surface area contributed by atoms with E-state index in [-0.39, 0.29) is 23.9 Å². The molecule has 7 nitrogen and oxygen atoms in total. The summed E-state index contributed by atoms with van der Waals surface area (Å²) in [6.07, 6.45) is -3.08. The van der Waals surface area contributed by atoms with Crippen molar-refractivity contribution in [3.8, 4) is 11.6 Å². The first-order chi connectivity index (χ1) is 12.8. The molecule has 2 aromatic heterocycles. The number of H-pyrrole nitrogens is 2. The van der Waals surface area contributed by atoms with Gasteiger partial charge in [0.05, 0.1) is 5.56 Å². The average Bonchev–Trinajstić information content (AvgIpc) is 3.07. The molecule has 0 bridgehead atoms. The van der Waals surface area contributed by atoms with Crippen LogP contribution in [0, 0.1) is 0 Å². The van der Waals surface area contributed by atoms with Crippen molar-refractivity contribution in [1.29, 1.82) is 0 Å². The summed E-state index contributed by atoms with van der Waals surface area (Å²) in [4.78, 5) is 27.0. The van der Waals surface area contributed by atoms with E-state index in [0.29, 0.717) is 5.56 Å². The second kappa shape index (κ2) is 7.36. The number of halogens is 3. The SMILES string of the molecule is O=C(NCc1cccnc1Oc1cccc(C(F)(F)F)c1)c1cc(=O)[nH][nH]1. The Morgan fingerprint density at radius 2 is 1.96 bits per heavy atom. The predicted octanol–water partition coefficient (Wildman–Crippen LogP) is 2.84. The van der Waals surface area contributed by atoms with Gasteiger partial charge in [0.1, 0.15) is 11.4 Å². The first kappa shape index (κ1) is 18.2. The van der Waals surface area contributed by atoms with Crippen LogP contribution < -0.4 is 15.6 Å². The van der Waals surface area contributed by atoms with Crippen LogP contribution in [0.15, 0.2) is 53.5 Å². The zero-order chi connectivity index (χ0) is 19.4. The number of rotatable bonds is 5. The van der Waals surface area contributed by atoms with Crippen LogP contribution in [0.3, 0.4) is 0 Å². The van der Waals surface area contributed by atoms with Crippen molar-refractivity contribution < 1.29 is 22.7 Å². The highest BCUT2D eigenvalue weighted by Gasteiger charge is 2.30. The number of nitrogens with zero attached hydrogens (tertiary/aromatic N) is 1. The Kier molecular flexibility index (Phi) is 4.97. The topological polar surface area (TPSA) is 99.9 Å². The van der Waals surface area contributed by atoms with Crippen LogP contribution >= 0.6 is 0 Å². The monoisotopic (exact) mass is 378 g/mol. The van der Waals surface area contributed by atoms with Gasteiger partial charge in [-0.3, -0.25) is 19.8 Å². The van der Waals surface area contributed by atoms with E-state index in [2.05, 4.69) is 20.5 Å². The lowest BCUT2D eigenvalue weighted by Gasteiger charge is -2.12. The summed E-state index contributed by atoms with van der Waals surface area (Å²) in [6, 6.07) is 8.70. The highest BCUT2D eigenvalue weighted by atomic mass is 19.4. The summed E-state index contributed by atoms with van der Waals surface area (Å²) < 4.78 is 43.9. The molecule has 2 heterocycles. The standard InChI is InChI=1S/C17H13F3N4O3/c18-17(19,20)11-4-1-5-12(7-11)27-16-10(3-2-6-21-16)9-22-15(26)13-8-14(25)24-23-13/h1-8H,9H2,(H,22,26)(H2,23,24,25). The number of carbonyl (C=O) groups is 1. The molecule has 3 N–H and O–H groups in total. The molecule has 27 heavy (non-hydrogen) atoms. The number of nitrogens with one attached hydrogen (secondary N) is 3. The van der Waals surface area contributed by atoms with E-state index in [0.717, 1.165) is 18.2 Å². The molecule has 0 unspecified atom stereocenters. The van der Waals surface area contributed by atoms with Crippen LogP contribution in [-0.4, -0.2) is 21.1 Å². The predicted molar refractivity (Wildman–Crippen MR) is 88.3 cm³/mol. The molecular formula is C17H13F3N4O3. The molecule has 0 aliphatic carbocycles. The zero-order valence-corrected chi connectivity index (χ0v) is 13.6. The summed E-state index contributed by atoms with van der Waals surface area (Å²) in [7, 11) is 0. The molecule has 0 aliphatic rings. The lowest BCUT2D eigenvalue weighted by Crippen LogP contribution is -2.23. The molecule has 1 aromatic carbocycles. The summed E-state index contributed by atoms with van der Waals surface area (Å²) in [5.41, 5.74) is -0.803. The number of amides is 1. The average molecular weight is 378 g/mol. The Morgan fingerprint density at radius 1 is 1.15 bits per heavy atom. The number of pyridine rings is 1. The number of aromatic amines is 2. The fraction of sp³-hybridized carbons (Fsp3) is 0.118. The number of carbonyl (C=O) groups excluding carboxylic acids is 1. The van der Waals surface area contributed by atoms with E-state index < -0.39 is 23.2 Å². The van der Waals surface area contributed by atoms with Gasteiger partial charge in [0, 0.05) is 24.4 Å². The van der Waals surface area contributed by atoms with Crippen LogP contribution in [0.25, 0.3) is 0 Å². The minimum Gasteiger partial charge on any atom is -0.439 e. The van der Waals surface area contributed by atoms with Crippen LogP contribution in [0.4, 0.5) is 13.2 Å². The van der Waals surface area contributed by atoms with Gasteiger partial charge < -0.3 is 10.1 Å². The van der Waals surface area contributed by atoms with Crippen molar-refractivity contribution in [3.63, 3.8) is 0 Å². The van der Waals surface area contributed by atoms with Gasteiger partial charge >= 0.3 is 6.18 Å². The molecule has 3 aromatic rings. The van der Waals surface area contributed by atoms with Crippen molar-refractivity contribution in [1.82, 2.24) is 20.5 Å². The summed E-state index contributed by atoms with van der Waals surface area (Å²) in [6.45, 7) is -0.00578. The molecule has 0 spiro atoms. The number of alkyl halides is 3. The third-order valence-corrected chi connectivity index (χ3v) is 3.51. The van der Waals surface area contributed by atoms with Crippen LogP contribution in [0.1, 0.15) is 21.6 Å². The van der Waals surface area contributed by atoms with Crippen LogP contribution in [-0.2, 0) is 12.7 Å². The Labute approximate surface area is 150 Å². The molecule has 0 aliphatic heterocycles. The maximum atomic E-state index is 12.8. The van der Waals surface area contributed by atoms with Crippen LogP contribution in [0.2, 0.25) is 0 Å². The van der Waals surface area contributed by atoms with Gasteiger partial charge in [-0.1, -0.05) is 12.1 Å². The minimum atomic E-state index is -4.49. The summed E-state index contributed by atoms with van der Waals surface area (Å²) >= 11 is 0. The van der Waals surface area contributed by atoms with Gasteiger partial charge in [0.2, 0.25) is 5.88 Å². The molecule has 0 saturated heterocycles. The highest BCUT2D eigenvalue weighted by Crippen LogP contribution is 2.32. The van der Waals surface area contributed by atoms with E-state index in [4.69, 9.17) is 4.74 Å². The molecule has 1 amide bonds. The van der Waals surface area contributed by atoms with Gasteiger partial charge in [-0.25, -0.2) is 4.98 Å². The third kappa shape index (κ3) is 4.54. The van der Waals surface area contributed by atoms with Gasteiger partial charge in [-0.2, -0.15) is 13.2 Å². The first-order valence-electron chi connectivity index (χ1n) is 7.68. The maximum absolute atomic E-state index is 12.8. The Balaban J connectivity index is 1.74. The zero-order valence-electron chi connectivity index (χ0n) is 13.6. The molecule has 0 radical (unpaired) electrons. The maximum Gasteiger partial charge on any atom is 0.416 e. The van der Waals surface area contributed by atoms with E-state index in [1.54, 1.807) is 12.1 Å². The summed E-state index contributed by atoms with van der Waals surface area (Å²) in [5, 5.41) is 7.21. The second-order valence-corrected chi connectivity index (χ2v) is 5.45. The number of ether oxygens (including phenoxy) is 1. The van der Waals surface area contributed by atoms with Gasteiger partial charge in [-0.05, 0) is 24.3 Å². The van der Waals surface area contributed by atoms with Gasteiger partial charge in [0.15, 0.2) is 0 Å². The quantitative estimate of drug-likeness (QED) is 0.636. The van der Waals surface area contributed by atoms with Gasteiger partial charge in [0.25, 0.3) is 11.5 Å². The van der Waals surface area contributed by atoms with Gasteiger partial charge in [-0.15, -0.1) is 0 Å². The van der Waals surface area contributed by atoms with Crippen molar-refractivity contribution >= 4 is 5.91 Å². The molecule has 0 atom stereocenters. The van der Waals surface area contributed by atoms with Crippen LogP contribution in [0.5, 0.6) is 11.6 Å². The largest absolute Gasteiger partial charge is 0.439 e. The second-order valence-electron chi connectivity index (χ2n) is 5.45. The molecular weight excluding hydrogens is 365 g/mol. The first-order valence-corrected chi connectivity index (χ1v) is 7.68. The van der Waals surface area contributed by atoms with Crippen molar-refractivity contribution in [2.24, 2.45) is 0 Å².